The Labute approximate surface area is 112 Å². The first-order chi connectivity index (χ1) is 9.15. The van der Waals surface area contributed by atoms with Gasteiger partial charge < -0.3 is 13.7 Å². The summed E-state index contributed by atoms with van der Waals surface area (Å²) in [6.45, 7) is 0. The van der Waals surface area contributed by atoms with Crippen LogP contribution < -0.4 is 4.18 Å². The molecule has 0 radical (unpaired) electrons. The van der Waals surface area contributed by atoms with Crippen LogP contribution in [0.25, 0.3) is 0 Å². The van der Waals surface area contributed by atoms with E-state index in [0.717, 1.165) is 19.2 Å². The van der Waals surface area contributed by atoms with Crippen molar-refractivity contribution < 1.29 is 40.0 Å². The Morgan fingerprint density at radius 1 is 1.25 bits per heavy atom. The number of carbonyl (C=O) groups excluding carboxylic acids is 1. The average Bonchev–Trinajstić information content (AvgIpc) is 2.35. The third-order valence-electron chi connectivity index (χ3n) is 1.90. The number of hydrogen-bond donors (Lipinski definition) is 0. The van der Waals surface area contributed by atoms with E-state index in [9.17, 15) is 26.4 Å². The molecule has 10 heteroatoms. The number of ether oxygens (including phenoxy) is 2. The summed E-state index contributed by atoms with van der Waals surface area (Å²) in [5.74, 6) is -2.18. The van der Waals surface area contributed by atoms with Crippen molar-refractivity contribution in [3.8, 4) is 5.75 Å². The monoisotopic (exact) mass is 314 g/mol. The van der Waals surface area contributed by atoms with Crippen LogP contribution in [0.15, 0.2) is 24.3 Å². The molecular weight excluding hydrogens is 305 g/mol. The third kappa shape index (κ3) is 4.61. The fourth-order valence-electron chi connectivity index (χ4n) is 1.11. The fraction of sp³-hybridized carbons (Fsp3) is 0.300. The SMILES string of the molecule is COC(=O)OCS(=O)(=O)Oc1ccccc1C(F)(F)F. The number of methoxy groups -OCH3 is 1. The van der Waals surface area contributed by atoms with E-state index < -0.39 is 39.7 Å². The first-order valence-electron chi connectivity index (χ1n) is 4.95. The van der Waals surface area contributed by atoms with Gasteiger partial charge in [-0.15, -0.1) is 0 Å². The number of para-hydroxylation sites is 1. The van der Waals surface area contributed by atoms with Crippen LogP contribution in [0.5, 0.6) is 5.75 Å². The highest BCUT2D eigenvalue weighted by molar-refractivity contribution is 7.86. The summed E-state index contributed by atoms with van der Waals surface area (Å²) >= 11 is 0. The molecule has 20 heavy (non-hydrogen) atoms. The van der Waals surface area contributed by atoms with Gasteiger partial charge >= 0.3 is 22.4 Å². The van der Waals surface area contributed by atoms with Crippen LogP contribution in [0, 0.1) is 0 Å². The Morgan fingerprint density at radius 2 is 1.85 bits per heavy atom. The molecule has 0 saturated heterocycles. The van der Waals surface area contributed by atoms with Crippen LogP contribution in [-0.2, 0) is 25.8 Å². The highest BCUT2D eigenvalue weighted by Gasteiger charge is 2.35. The van der Waals surface area contributed by atoms with Gasteiger partial charge in [0.2, 0.25) is 5.94 Å². The maximum absolute atomic E-state index is 12.6. The summed E-state index contributed by atoms with van der Waals surface area (Å²) in [5, 5.41) is 0. The molecule has 0 unspecified atom stereocenters. The van der Waals surface area contributed by atoms with Crippen molar-refractivity contribution in [1.82, 2.24) is 0 Å². The largest absolute Gasteiger partial charge is 0.509 e. The zero-order valence-electron chi connectivity index (χ0n) is 10.0. The summed E-state index contributed by atoms with van der Waals surface area (Å²) in [6, 6.07) is 3.74. The van der Waals surface area contributed by atoms with Crippen molar-refractivity contribution in [3.05, 3.63) is 29.8 Å². The van der Waals surface area contributed by atoms with Gasteiger partial charge in [-0.2, -0.15) is 21.6 Å². The standard InChI is InChI=1S/C10H9F3O6S/c1-17-9(14)18-6-20(15,16)19-8-5-3-2-4-7(8)10(11,12)13/h2-5H,6H2,1H3. The average molecular weight is 314 g/mol. The van der Waals surface area contributed by atoms with Crippen LogP contribution >= 0.6 is 0 Å². The predicted octanol–water partition coefficient (Wildman–Crippen LogP) is 2.15. The molecular formula is C10H9F3O6S. The van der Waals surface area contributed by atoms with Gasteiger partial charge in [0.25, 0.3) is 0 Å². The van der Waals surface area contributed by atoms with E-state index in [4.69, 9.17) is 0 Å². The molecule has 1 aromatic carbocycles. The van der Waals surface area contributed by atoms with Crippen molar-refractivity contribution in [2.24, 2.45) is 0 Å². The fourth-order valence-corrected chi connectivity index (χ4v) is 1.82. The zero-order chi connectivity index (χ0) is 15.4. The molecule has 0 spiro atoms. The summed E-state index contributed by atoms with van der Waals surface area (Å²) in [7, 11) is -3.61. The second-order valence-corrected chi connectivity index (χ2v) is 4.87. The lowest BCUT2D eigenvalue weighted by molar-refractivity contribution is -0.138. The first-order valence-corrected chi connectivity index (χ1v) is 6.52. The van der Waals surface area contributed by atoms with Crippen LogP contribution in [-0.4, -0.2) is 27.6 Å². The third-order valence-corrected chi connectivity index (χ3v) is 2.74. The molecule has 0 N–H and O–H groups in total. The van der Waals surface area contributed by atoms with E-state index >= 15 is 0 Å². The lowest BCUT2D eigenvalue weighted by Crippen LogP contribution is -2.20. The molecule has 112 valence electrons. The lowest BCUT2D eigenvalue weighted by Gasteiger charge is -2.13. The van der Waals surface area contributed by atoms with Crippen molar-refractivity contribution in [2.45, 2.75) is 6.18 Å². The number of hydrogen-bond acceptors (Lipinski definition) is 6. The van der Waals surface area contributed by atoms with E-state index in [1.807, 2.05) is 0 Å². The van der Waals surface area contributed by atoms with Gasteiger partial charge in [0.15, 0.2) is 5.75 Å². The van der Waals surface area contributed by atoms with Crippen LogP contribution in [0.4, 0.5) is 18.0 Å². The molecule has 0 amide bonds. The highest BCUT2D eigenvalue weighted by atomic mass is 32.2. The summed E-state index contributed by atoms with van der Waals surface area (Å²) in [5.41, 5.74) is -1.26. The minimum absolute atomic E-state index is 0.659. The Hall–Kier alpha value is -1.97. The highest BCUT2D eigenvalue weighted by Crippen LogP contribution is 2.36. The Balaban J connectivity index is 2.91. The summed E-state index contributed by atoms with van der Waals surface area (Å²) in [6.07, 6.45) is -6.09. The smallest absolute Gasteiger partial charge is 0.438 e. The number of rotatable bonds is 4. The summed E-state index contributed by atoms with van der Waals surface area (Å²) < 4.78 is 73.0. The van der Waals surface area contributed by atoms with Gasteiger partial charge in [-0.05, 0) is 12.1 Å². The van der Waals surface area contributed by atoms with Crippen molar-refractivity contribution in [2.75, 3.05) is 13.0 Å². The van der Waals surface area contributed by atoms with E-state index in [2.05, 4.69) is 13.7 Å². The number of carbonyl (C=O) groups is 1. The molecule has 0 fully saturated rings. The van der Waals surface area contributed by atoms with Crippen molar-refractivity contribution >= 4 is 16.3 Å². The zero-order valence-corrected chi connectivity index (χ0v) is 10.8. The number of halogens is 3. The molecule has 0 aliphatic heterocycles. The number of benzene rings is 1. The minimum Gasteiger partial charge on any atom is -0.438 e. The molecule has 0 aromatic heterocycles. The molecule has 6 nitrogen and oxygen atoms in total. The molecule has 0 atom stereocenters. The molecule has 1 rings (SSSR count). The molecule has 0 heterocycles. The molecule has 0 aliphatic rings. The molecule has 0 aliphatic carbocycles. The van der Waals surface area contributed by atoms with E-state index in [1.54, 1.807) is 0 Å². The minimum atomic E-state index is -4.78. The topological polar surface area (TPSA) is 78.9 Å². The lowest BCUT2D eigenvalue weighted by atomic mass is 10.2. The second-order valence-electron chi connectivity index (χ2n) is 3.35. The van der Waals surface area contributed by atoms with Crippen LogP contribution in [0.3, 0.4) is 0 Å². The van der Waals surface area contributed by atoms with Gasteiger partial charge in [-0.1, -0.05) is 12.1 Å². The Morgan fingerprint density at radius 3 is 2.40 bits per heavy atom. The predicted molar refractivity (Wildman–Crippen MR) is 59.3 cm³/mol. The first kappa shape index (κ1) is 16.1. The Bertz CT molecular complexity index is 581. The quantitative estimate of drug-likeness (QED) is 0.626. The van der Waals surface area contributed by atoms with Crippen molar-refractivity contribution in [3.63, 3.8) is 0 Å². The number of alkyl halides is 3. The van der Waals surface area contributed by atoms with Gasteiger partial charge in [-0.3, -0.25) is 0 Å². The normalized spacial score (nSPS) is 11.8. The van der Waals surface area contributed by atoms with Gasteiger partial charge in [0.1, 0.15) is 0 Å². The van der Waals surface area contributed by atoms with Crippen LogP contribution in [0.1, 0.15) is 5.56 Å². The van der Waals surface area contributed by atoms with Crippen molar-refractivity contribution in [1.29, 1.82) is 0 Å². The van der Waals surface area contributed by atoms with E-state index in [-0.39, 0.29) is 0 Å². The maximum atomic E-state index is 12.6. The molecule has 0 bridgehead atoms. The second kappa shape index (κ2) is 5.99. The van der Waals surface area contributed by atoms with Gasteiger partial charge in [0.05, 0.1) is 12.7 Å². The Kier molecular flexibility index (Phi) is 4.82. The molecule has 0 saturated carbocycles. The maximum Gasteiger partial charge on any atom is 0.509 e. The van der Waals surface area contributed by atoms with E-state index in [0.29, 0.717) is 6.07 Å². The van der Waals surface area contributed by atoms with Crippen LogP contribution in [0.2, 0.25) is 0 Å². The van der Waals surface area contributed by atoms with Gasteiger partial charge in [0, 0.05) is 0 Å². The van der Waals surface area contributed by atoms with E-state index in [1.165, 1.54) is 6.07 Å². The molecule has 1 aromatic rings. The van der Waals surface area contributed by atoms with Gasteiger partial charge in [-0.25, -0.2) is 4.79 Å². The summed E-state index contributed by atoms with van der Waals surface area (Å²) in [4.78, 5) is 10.6.